The molecule has 2 aromatic rings. The standard InChI is InChI=1S/C21H24BClNO4/c1-14(2)20(24-22-27-3)21(26)28-19-13-16(23)10-11-17(19)18(25)12-9-15-7-5-4-6-8-15/h4-8,10-11,13-14,20,24H,9,12H2,1-3H3. The summed E-state index contributed by atoms with van der Waals surface area (Å²) in [6, 6.07) is 13.8. The number of ketones is 1. The monoisotopic (exact) mass is 400 g/mol. The van der Waals surface area contributed by atoms with Crippen molar-refractivity contribution in [3.63, 3.8) is 0 Å². The molecule has 0 heterocycles. The van der Waals surface area contributed by atoms with Crippen LogP contribution in [0.5, 0.6) is 5.75 Å². The molecule has 1 N–H and O–H groups in total. The van der Waals surface area contributed by atoms with Gasteiger partial charge in [-0.1, -0.05) is 55.8 Å². The van der Waals surface area contributed by atoms with Crippen LogP contribution in [-0.2, 0) is 15.9 Å². The number of benzene rings is 2. The van der Waals surface area contributed by atoms with Crippen molar-refractivity contribution in [2.24, 2.45) is 5.92 Å². The third-order valence-electron chi connectivity index (χ3n) is 4.22. The molecule has 0 aliphatic rings. The number of esters is 1. The summed E-state index contributed by atoms with van der Waals surface area (Å²) in [5.74, 6) is -0.501. The second-order valence-corrected chi connectivity index (χ2v) is 7.15. The van der Waals surface area contributed by atoms with E-state index in [-0.39, 0.29) is 17.5 Å². The smallest absolute Gasteiger partial charge is 0.396 e. The molecule has 5 nitrogen and oxygen atoms in total. The largest absolute Gasteiger partial charge is 0.427 e. The molecule has 0 aliphatic carbocycles. The van der Waals surface area contributed by atoms with Gasteiger partial charge in [-0.3, -0.25) is 4.79 Å². The fraction of sp³-hybridized carbons (Fsp3) is 0.333. The summed E-state index contributed by atoms with van der Waals surface area (Å²) < 4.78 is 10.4. The Hall–Kier alpha value is -2.15. The van der Waals surface area contributed by atoms with E-state index >= 15 is 0 Å². The predicted molar refractivity (Wildman–Crippen MR) is 111 cm³/mol. The summed E-state index contributed by atoms with van der Waals surface area (Å²) in [5.41, 5.74) is 1.41. The van der Waals surface area contributed by atoms with E-state index in [2.05, 4.69) is 5.23 Å². The molecule has 147 valence electrons. The zero-order valence-electron chi connectivity index (χ0n) is 16.3. The van der Waals surface area contributed by atoms with Crippen molar-refractivity contribution in [1.29, 1.82) is 0 Å². The van der Waals surface area contributed by atoms with E-state index in [1.807, 2.05) is 44.2 Å². The zero-order valence-corrected chi connectivity index (χ0v) is 17.0. The van der Waals surface area contributed by atoms with Crippen molar-refractivity contribution < 1.29 is 19.0 Å². The van der Waals surface area contributed by atoms with Gasteiger partial charge in [-0.15, -0.1) is 0 Å². The Kier molecular flexibility index (Phi) is 8.70. The molecule has 2 aromatic carbocycles. The van der Waals surface area contributed by atoms with Crippen LogP contribution in [0.2, 0.25) is 5.02 Å². The third kappa shape index (κ3) is 6.48. The van der Waals surface area contributed by atoms with Crippen LogP contribution in [0.3, 0.4) is 0 Å². The third-order valence-corrected chi connectivity index (χ3v) is 4.46. The molecule has 0 saturated heterocycles. The maximum absolute atomic E-state index is 12.7. The molecule has 0 bridgehead atoms. The van der Waals surface area contributed by atoms with E-state index < -0.39 is 12.0 Å². The minimum Gasteiger partial charge on any atom is -0.427 e. The second-order valence-electron chi connectivity index (χ2n) is 6.71. The van der Waals surface area contributed by atoms with E-state index in [0.29, 0.717) is 23.4 Å². The Morgan fingerprint density at radius 1 is 1.14 bits per heavy atom. The molecule has 0 amide bonds. The first-order chi connectivity index (χ1) is 13.4. The summed E-state index contributed by atoms with van der Waals surface area (Å²) >= 11 is 6.06. The summed E-state index contributed by atoms with van der Waals surface area (Å²) in [5, 5.41) is 3.25. The highest BCUT2D eigenvalue weighted by atomic mass is 35.5. The molecule has 1 radical (unpaired) electrons. The van der Waals surface area contributed by atoms with Crippen LogP contribution in [0.25, 0.3) is 0 Å². The molecule has 1 atom stereocenters. The van der Waals surface area contributed by atoms with Crippen LogP contribution in [0, 0.1) is 5.92 Å². The second kappa shape index (κ2) is 11.0. The number of halogens is 1. The Labute approximate surface area is 171 Å². The number of hydrogen-bond donors (Lipinski definition) is 1. The van der Waals surface area contributed by atoms with Crippen molar-refractivity contribution in [3.8, 4) is 5.75 Å². The molecule has 0 fully saturated rings. The highest BCUT2D eigenvalue weighted by Gasteiger charge is 2.26. The van der Waals surface area contributed by atoms with E-state index in [0.717, 1.165) is 5.56 Å². The van der Waals surface area contributed by atoms with E-state index in [9.17, 15) is 9.59 Å². The van der Waals surface area contributed by atoms with Gasteiger partial charge in [0.15, 0.2) is 5.78 Å². The van der Waals surface area contributed by atoms with Crippen molar-refractivity contribution in [1.82, 2.24) is 5.23 Å². The molecule has 0 aromatic heterocycles. The Morgan fingerprint density at radius 3 is 2.50 bits per heavy atom. The lowest BCUT2D eigenvalue weighted by molar-refractivity contribution is -0.137. The molecule has 0 spiro atoms. The van der Waals surface area contributed by atoms with Crippen LogP contribution >= 0.6 is 11.6 Å². The highest BCUT2D eigenvalue weighted by Crippen LogP contribution is 2.26. The Balaban J connectivity index is 2.14. The minimum absolute atomic E-state index is 0.0460. The summed E-state index contributed by atoms with van der Waals surface area (Å²) in [6.45, 7) is 3.76. The van der Waals surface area contributed by atoms with Crippen LogP contribution in [0.4, 0.5) is 0 Å². The zero-order chi connectivity index (χ0) is 20.5. The van der Waals surface area contributed by atoms with Crippen LogP contribution < -0.4 is 9.96 Å². The van der Waals surface area contributed by atoms with Gasteiger partial charge >= 0.3 is 13.6 Å². The Bertz CT molecular complexity index is 798. The van der Waals surface area contributed by atoms with Crippen molar-refractivity contribution in [2.75, 3.05) is 7.11 Å². The predicted octanol–water partition coefficient (Wildman–Crippen LogP) is 3.86. The fourth-order valence-electron chi connectivity index (χ4n) is 2.69. The molecule has 7 heteroatoms. The van der Waals surface area contributed by atoms with Crippen molar-refractivity contribution in [2.45, 2.75) is 32.7 Å². The molecular formula is C21H24BClNO4. The molecular weight excluding hydrogens is 376 g/mol. The van der Waals surface area contributed by atoms with Gasteiger partial charge in [0.25, 0.3) is 0 Å². The van der Waals surface area contributed by atoms with Gasteiger partial charge in [0.2, 0.25) is 0 Å². The minimum atomic E-state index is -0.619. The normalized spacial score (nSPS) is 11.9. The number of nitrogens with one attached hydrogen (secondary N) is 1. The van der Waals surface area contributed by atoms with Gasteiger partial charge < -0.3 is 14.6 Å². The number of rotatable bonds is 10. The maximum Gasteiger partial charge on any atom is 0.396 e. The number of ether oxygens (including phenoxy) is 1. The average molecular weight is 401 g/mol. The van der Waals surface area contributed by atoms with Crippen molar-refractivity contribution >= 4 is 31.0 Å². The molecule has 28 heavy (non-hydrogen) atoms. The summed E-state index contributed by atoms with van der Waals surface area (Å²) in [7, 11) is 2.81. The quantitative estimate of drug-likeness (QED) is 0.284. The summed E-state index contributed by atoms with van der Waals surface area (Å²) in [6.07, 6.45) is 0.911. The summed E-state index contributed by atoms with van der Waals surface area (Å²) in [4.78, 5) is 25.3. The number of carbonyl (C=O) groups excluding carboxylic acids is 2. The number of carbonyl (C=O) groups is 2. The van der Waals surface area contributed by atoms with E-state index in [1.54, 1.807) is 12.1 Å². The fourth-order valence-corrected chi connectivity index (χ4v) is 2.86. The van der Waals surface area contributed by atoms with E-state index in [4.69, 9.17) is 21.0 Å². The lowest BCUT2D eigenvalue weighted by Gasteiger charge is -2.20. The number of hydrogen-bond acceptors (Lipinski definition) is 5. The Morgan fingerprint density at radius 2 is 1.86 bits per heavy atom. The SMILES string of the molecule is CO[B]NC(C(=O)Oc1cc(Cl)ccc1C(=O)CCc1ccccc1)C(C)C. The highest BCUT2D eigenvalue weighted by molar-refractivity contribution is 6.31. The number of aryl methyl sites for hydroxylation is 1. The molecule has 2 rings (SSSR count). The molecule has 0 aliphatic heterocycles. The number of Topliss-reactive ketones (excluding diaryl/α,β-unsaturated/α-hetero) is 1. The van der Waals surface area contributed by atoms with Gasteiger partial charge in [-0.25, -0.2) is 4.79 Å². The van der Waals surface area contributed by atoms with Gasteiger partial charge in [-0.05, 0) is 30.0 Å². The van der Waals surface area contributed by atoms with Gasteiger partial charge in [0.05, 0.1) is 5.56 Å². The average Bonchev–Trinajstić information content (AvgIpc) is 2.67. The van der Waals surface area contributed by atoms with Gasteiger partial charge in [0.1, 0.15) is 11.8 Å². The first-order valence-electron chi connectivity index (χ1n) is 9.11. The van der Waals surface area contributed by atoms with Crippen LogP contribution in [0.15, 0.2) is 48.5 Å². The van der Waals surface area contributed by atoms with Crippen LogP contribution in [0.1, 0.15) is 36.2 Å². The van der Waals surface area contributed by atoms with Crippen LogP contribution in [-0.4, -0.2) is 32.5 Å². The lowest BCUT2D eigenvalue weighted by Crippen LogP contribution is -2.45. The molecule has 0 saturated carbocycles. The van der Waals surface area contributed by atoms with Crippen molar-refractivity contribution in [3.05, 3.63) is 64.7 Å². The maximum atomic E-state index is 12.7. The molecule has 1 unspecified atom stereocenters. The van der Waals surface area contributed by atoms with E-state index in [1.165, 1.54) is 20.8 Å². The first kappa shape index (κ1) is 22.1. The lowest BCUT2D eigenvalue weighted by atomic mass is 10.0. The van der Waals surface area contributed by atoms with Gasteiger partial charge in [0, 0.05) is 24.6 Å². The first-order valence-corrected chi connectivity index (χ1v) is 9.49. The van der Waals surface area contributed by atoms with Gasteiger partial charge in [-0.2, -0.15) is 0 Å². The topological polar surface area (TPSA) is 64.6 Å².